The number of carbonyl (C=O) groups is 1. The average Bonchev–Trinajstić information content (AvgIpc) is 3.66. The van der Waals surface area contributed by atoms with Gasteiger partial charge in [0.15, 0.2) is 10.8 Å². The first-order chi connectivity index (χ1) is 18.7. The molecule has 12 heteroatoms. The van der Waals surface area contributed by atoms with Crippen molar-refractivity contribution in [1.29, 1.82) is 0 Å². The Morgan fingerprint density at radius 1 is 1.10 bits per heavy atom. The van der Waals surface area contributed by atoms with Crippen molar-refractivity contribution in [3.63, 3.8) is 0 Å². The van der Waals surface area contributed by atoms with Gasteiger partial charge in [-0.05, 0) is 43.7 Å². The van der Waals surface area contributed by atoms with Gasteiger partial charge < -0.3 is 9.26 Å². The van der Waals surface area contributed by atoms with Crippen LogP contribution in [0.25, 0.3) is 20.9 Å². The molecule has 202 valence electrons. The summed E-state index contributed by atoms with van der Waals surface area (Å²) in [5.74, 6) is -0.581. The fourth-order valence-corrected chi connectivity index (χ4v) is 5.71. The number of aromatic nitrogens is 3. The number of alkyl halides is 3. The number of unbranched alkanes of at least 4 members (excludes halogenated alkanes) is 2. The first-order valence-electron chi connectivity index (χ1n) is 12.2. The number of hydrogen-bond donors (Lipinski definition) is 0. The van der Waals surface area contributed by atoms with Crippen molar-refractivity contribution >= 4 is 49.6 Å². The summed E-state index contributed by atoms with van der Waals surface area (Å²) in [6, 6.07) is 12.6. The number of aryl methyl sites for hydroxylation is 1. The van der Waals surface area contributed by atoms with E-state index in [-0.39, 0.29) is 28.9 Å². The minimum Gasteiger partial charge on any atom is -0.493 e. The topological polar surface area (TPSA) is 81.4 Å². The summed E-state index contributed by atoms with van der Waals surface area (Å²) in [6.45, 7) is 3.78. The van der Waals surface area contributed by atoms with Gasteiger partial charge >= 0.3 is 6.18 Å². The average molecular weight is 573 g/mol. The van der Waals surface area contributed by atoms with Gasteiger partial charge in [0.25, 0.3) is 5.91 Å². The zero-order chi connectivity index (χ0) is 27.6. The monoisotopic (exact) mass is 572 g/mol. The first kappa shape index (κ1) is 26.8. The minimum atomic E-state index is -4.70. The highest BCUT2D eigenvalue weighted by Gasteiger charge is 2.36. The first-order valence-corrected chi connectivity index (χ1v) is 13.9. The molecule has 3 heterocycles. The molecule has 5 aromatic rings. The highest BCUT2D eigenvalue weighted by atomic mass is 32.1. The molecule has 0 radical (unpaired) electrons. The van der Waals surface area contributed by atoms with E-state index in [2.05, 4.69) is 15.1 Å². The van der Waals surface area contributed by atoms with Crippen LogP contribution in [0.5, 0.6) is 5.75 Å². The molecule has 3 aromatic heterocycles. The number of fused-ring (bicyclic) bond motifs is 1. The number of thiazole rings is 2. The molecule has 0 bridgehead atoms. The van der Waals surface area contributed by atoms with Crippen LogP contribution in [0.3, 0.4) is 0 Å². The van der Waals surface area contributed by atoms with Crippen LogP contribution in [0, 0.1) is 6.92 Å². The van der Waals surface area contributed by atoms with E-state index in [1.807, 2.05) is 31.2 Å². The third-order valence-electron chi connectivity index (χ3n) is 5.78. The Hall–Kier alpha value is -3.77. The maximum Gasteiger partial charge on any atom is 0.420 e. The number of nitrogens with zero attached hydrogens (tertiary/aromatic N) is 4. The number of carbonyl (C=O) groups excluding carboxylic acids is 1. The van der Waals surface area contributed by atoms with Gasteiger partial charge in [0.2, 0.25) is 0 Å². The van der Waals surface area contributed by atoms with Crippen LogP contribution in [0.4, 0.5) is 24.0 Å². The lowest BCUT2D eigenvalue weighted by Crippen LogP contribution is -2.26. The van der Waals surface area contributed by atoms with Crippen molar-refractivity contribution in [3.8, 4) is 16.5 Å². The van der Waals surface area contributed by atoms with Crippen LogP contribution in [-0.4, -0.2) is 27.6 Å². The predicted octanol–water partition coefficient (Wildman–Crippen LogP) is 8.28. The number of amides is 1. The molecule has 2 aromatic carbocycles. The zero-order valence-corrected chi connectivity index (χ0v) is 22.6. The van der Waals surface area contributed by atoms with Crippen LogP contribution in [0.2, 0.25) is 0 Å². The molecule has 0 spiro atoms. The molecule has 0 saturated heterocycles. The summed E-state index contributed by atoms with van der Waals surface area (Å²) in [5, 5.41) is 6.30. The Kier molecular flexibility index (Phi) is 7.67. The fraction of sp³-hybridized carbons (Fsp3) is 0.259. The van der Waals surface area contributed by atoms with Crippen LogP contribution in [0.15, 0.2) is 58.4 Å². The summed E-state index contributed by atoms with van der Waals surface area (Å²) in [6.07, 6.45) is -2.30. The van der Waals surface area contributed by atoms with E-state index in [0.29, 0.717) is 22.9 Å². The lowest BCUT2D eigenvalue weighted by atomic mass is 10.1. The Bertz CT molecular complexity index is 1580. The minimum absolute atomic E-state index is 0.0286. The number of anilines is 2. The van der Waals surface area contributed by atoms with Gasteiger partial charge in [-0.1, -0.05) is 37.1 Å². The van der Waals surface area contributed by atoms with E-state index in [9.17, 15) is 18.0 Å². The third kappa shape index (κ3) is 5.81. The van der Waals surface area contributed by atoms with Gasteiger partial charge in [0.1, 0.15) is 22.2 Å². The number of halogens is 3. The molecule has 0 saturated carbocycles. The zero-order valence-electron chi connectivity index (χ0n) is 21.0. The van der Waals surface area contributed by atoms with Gasteiger partial charge in [-0.25, -0.2) is 9.97 Å². The summed E-state index contributed by atoms with van der Waals surface area (Å²) < 4.78 is 53.8. The lowest BCUT2D eigenvalue weighted by Gasteiger charge is -2.22. The number of rotatable bonds is 9. The Morgan fingerprint density at radius 2 is 1.92 bits per heavy atom. The second kappa shape index (κ2) is 11.1. The van der Waals surface area contributed by atoms with E-state index in [1.165, 1.54) is 29.5 Å². The molecule has 0 fully saturated rings. The van der Waals surface area contributed by atoms with E-state index in [1.54, 1.807) is 12.3 Å². The summed E-state index contributed by atoms with van der Waals surface area (Å²) >= 11 is 2.55. The van der Waals surface area contributed by atoms with Crippen LogP contribution < -0.4 is 9.64 Å². The van der Waals surface area contributed by atoms with E-state index >= 15 is 0 Å². The molecule has 0 aliphatic rings. The number of para-hydroxylation sites is 1. The smallest absolute Gasteiger partial charge is 0.420 e. The molecule has 0 aliphatic heterocycles. The van der Waals surface area contributed by atoms with Gasteiger partial charge in [0.05, 0.1) is 28.1 Å². The molecular formula is C27H23F3N4O3S2. The molecule has 39 heavy (non-hydrogen) atoms. The second-order valence-electron chi connectivity index (χ2n) is 8.70. The molecule has 5 rings (SSSR count). The number of hydrogen-bond acceptors (Lipinski definition) is 8. The van der Waals surface area contributed by atoms with E-state index in [0.717, 1.165) is 45.4 Å². The molecule has 1 amide bonds. The van der Waals surface area contributed by atoms with Gasteiger partial charge in [0, 0.05) is 11.4 Å². The van der Waals surface area contributed by atoms with E-state index < -0.39 is 17.6 Å². The molecule has 0 N–H and O–H groups in total. The summed E-state index contributed by atoms with van der Waals surface area (Å²) in [7, 11) is 0. The Balaban J connectivity index is 1.56. The Morgan fingerprint density at radius 3 is 2.64 bits per heavy atom. The van der Waals surface area contributed by atoms with Gasteiger partial charge in [-0.15, -0.1) is 22.7 Å². The maximum atomic E-state index is 14.1. The SMILES string of the molecule is CCCCCOc1ccc(N(C(=O)c2cc(C)on2)c2nc(-c3nc4ccccc4s3)cs2)cc1C(F)(F)F. The molecule has 0 atom stereocenters. The third-order valence-corrected chi connectivity index (χ3v) is 7.66. The fourth-order valence-electron chi connectivity index (χ4n) is 3.88. The predicted molar refractivity (Wildman–Crippen MR) is 145 cm³/mol. The van der Waals surface area contributed by atoms with E-state index in [4.69, 9.17) is 9.26 Å². The molecule has 7 nitrogen and oxygen atoms in total. The molecule has 0 aliphatic carbocycles. The van der Waals surface area contributed by atoms with Crippen LogP contribution in [0.1, 0.15) is 48.0 Å². The second-order valence-corrected chi connectivity index (χ2v) is 10.6. The highest BCUT2D eigenvalue weighted by molar-refractivity contribution is 7.22. The van der Waals surface area contributed by atoms with Gasteiger partial charge in [-0.3, -0.25) is 9.69 Å². The van der Waals surface area contributed by atoms with Crippen LogP contribution in [-0.2, 0) is 6.18 Å². The van der Waals surface area contributed by atoms with Gasteiger partial charge in [-0.2, -0.15) is 13.2 Å². The largest absolute Gasteiger partial charge is 0.493 e. The Labute approximate surface area is 229 Å². The molecular weight excluding hydrogens is 549 g/mol. The number of ether oxygens (including phenoxy) is 1. The summed E-state index contributed by atoms with van der Waals surface area (Å²) in [4.78, 5) is 23.9. The van der Waals surface area contributed by atoms with Crippen molar-refractivity contribution in [2.75, 3.05) is 11.5 Å². The number of benzene rings is 2. The van der Waals surface area contributed by atoms with Crippen LogP contribution >= 0.6 is 22.7 Å². The van der Waals surface area contributed by atoms with Crippen molar-refractivity contribution < 1.29 is 27.2 Å². The quantitative estimate of drug-likeness (QED) is 0.165. The summed E-state index contributed by atoms with van der Waals surface area (Å²) in [5.41, 5.74) is 0.255. The standard InChI is InChI=1S/C27H23F3N4O3S2/c1-3-4-7-12-36-22-11-10-17(14-18(22)27(28,29)30)34(25(35)20-13-16(2)37-33-20)26-32-21(15-38-26)24-31-19-8-5-6-9-23(19)39-24/h5-6,8-11,13-15H,3-4,7,12H2,1-2H3. The lowest BCUT2D eigenvalue weighted by molar-refractivity contribution is -0.138. The normalized spacial score (nSPS) is 11.7. The van der Waals surface area contributed by atoms with Crippen molar-refractivity contribution in [2.45, 2.75) is 39.3 Å². The van der Waals surface area contributed by atoms with Crippen molar-refractivity contribution in [3.05, 3.63) is 70.9 Å². The maximum absolute atomic E-state index is 14.1. The molecule has 0 unspecified atom stereocenters. The highest BCUT2D eigenvalue weighted by Crippen LogP contribution is 2.42. The van der Waals surface area contributed by atoms with Crippen molar-refractivity contribution in [2.24, 2.45) is 0 Å². The van der Waals surface area contributed by atoms with Crippen molar-refractivity contribution in [1.82, 2.24) is 15.1 Å².